The topological polar surface area (TPSA) is 63.0 Å². The molecule has 2 aromatic heterocycles. The predicted molar refractivity (Wildman–Crippen MR) is 77.5 cm³/mol. The summed E-state index contributed by atoms with van der Waals surface area (Å²) in [7, 11) is 0. The van der Waals surface area contributed by atoms with Crippen molar-refractivity contribution in [3.63, 3.8) is 0 Å². The van der Waals surface area contributed by atoms with E-state index in [4.69, 9.17) is 4.42 Å². The lowest BCUT2D eigenvalue weighted by molar-refractivity contribution is 0.470. The number of nitrogens with zero attached hydrogens (tertiary/aromatic N) is 2. The number of aromatic nitrogens is 2. The van der Waals surface area contributed by atoms with Crippen molar-refractivity contribution in [2.75, 3.05) is 18.4 Å². The number of furan rings is 1. The summed E-state index contributed by atoms with van der Waals surface area (Å²) < 4.78 is 5.53. The molecule has 0 amide bonds. The molecule has 1 aromatic carbocycles. The van der Waals surface area contributed by atoms with Crippen molar-refractivity contribution < 1.29 is 4.42 Å². The molecule has 20 heavy (non-hydrogen) atoms. The Balaban J connectivity index is 1.64. The zero-order valence-electron chi connectivity index (χ0n) is 10.8. The number of hydrogen-bond donors (Lipinski definition) is 2. The second-order valence-corrected chi connectivity index (χ2v) is 4.95. The van der Waals surface area contributed by atoms with Crippen molar-refractivity contribution in [3.05, 3.63) is 42.7 Å². The van der Waals surface area contributed by atoms with Crippen molar-refractivity contribution >= 4 is 16.8 Å². The second kappa shape index (κ2) is 4.61. The van der Waals surface area contributed by atoms with Gasteiger partial charge in [0, 0.05) is 24.0 Å². The van der Waals surface area contributed by atoms with E-state index in [9.17, 15) is 0 Å². The molecule has 0 radical (unpaired) electrons. The molecule has 0 unspecified atom stereocenters. The first-order valence-electron chi connectivity index (χ1n) is 6.68. The maximum absolute atomic E-state index is 5.53. The lowest BCUT2D eigenvalue weighted by Gasteiger charge is -2.28. The van der Waals surface area contributed by atoms with Crippen LogP contribution >= 0.6 is 0 Å². The molecule has 0 bridgehead atoms. The van der Waals surface area contributed by atoms with Crippen molar-refractivity contribution in [2.45, 2.75) is 6.04 Å². The van der Waals surface area contributed by atoms with E-state index in [2.05, 4.69) is 20.8 Å². The highest BCUT2D eigenvalue weighted by Gasteiger charge is 2.16. The molecule has 5 nitrogen and oxygen atoms in total. The first kappa shape index (κ1) is 11.4. The molecule has 0 saturated carbocycles. The Labute approximate surface area is 116 Å². The lowest BCUT2D eigenvalue weighted by Crippen LogP contribution is -2.51. The Morgan fingerprint density at radius 3 is 2.75 bits per heavy atom. The maximum Gasteiger partial charge on any atom is 0.148 e. The molecule has 0 aliphatic carbocycles. The fraction of sp³-hybridized carbons (Fsp3) is 0.200. The summed E-state index contributed by atoms with van der Waals surface area (Å²) >= 11 is 0. The summed E-state index contributed by atoms with van der Waals surface area (Å²) in [6.07, 6.45) is 1.73. The van der Waals surface area contributed by atoms with Gasteiger partial charge in [0.25, 0.3) is 0 Å². The van der Waals surface area contributed by atoms with Gasteiger partial charge in [0.1, 0.15) is 17.7 Å². The molecule has 4 rings (SSSR count). The van der Waals surface area contributed by atoms with E-state index >= 15 is 0 Å². The third-order valence-corrected chi connectivity index (χ3v) is 3.55. The fourth-order valence-electron chi connectivity index (χ4n) is 2.33. The summed E-state index contributed by atoms with van der Waals surface area (Å²) in [5.41, 5.74) is 2.67. The zero-order chi connectivity index (χ0) is 13.4. The van der Waals surface area contributed by atoms with E-state index in [1.165, 1.54) is 0 Å². The summed E-state index contributed by atoms with van der Waals surface area (Å²) in [6, 6.07) is 12.3. The molecule has 3 aromatic rings. The lowest BCUT2D eigenvalue weighted by atomic mass is 10.1. The third kappa shape index (κ3) is 1.92. The van der Waals surface area contributed by atoms with Crippen molar-refractivity contribution in [2.24, 2.45) is 0 Å². The average Bonchev–Trinajstić information content (AvgIpc) is 2.88. The molecule has 0 spiro atoms. The number of hydrogen-bond acceptors (Lipinski definition) is 5. The van der Waals surface area contributed by atoms with Crippen molar-refractivity contribution in [3.8, 4) is 11.3 Å². The summed E-state index contributed by atoms with van der Waals surface area (Å²) in [5.74, 6) is 0.813. The number of benzene rings is 1. The average molecular weight is 266 g/mol. The first-order chi connectivity index (χ1) is 9.90. The molecular formula is C15H14N4O. The van der Waals surface area contributed by atoms with Crippen LogP contribution in [0, 0.1) is 0 Å². The van der Waals surface area contributed by atoms with Crippen LogP contribution in [0.1, 0.15) is 0 Å². The number of fused-ring (bicyclic) bond motifs is 1. The highest BCUT2D eigenvalue weighted by molar-refractivity contribution is 5.92. The smallest absolute Gasteiger partial charge is 0.148 e. The SMILES string of the molecule is c1ccc2c(-c3ccc(NC4CNC4)nn3)coc2c1. The van der Waals surface area contributed by atoms with Crippen LogP contribution in [0.2, 0.25) is 0 Å². The summed E-state index contributed by atoms with van der Waals surface area (Å²) in [4.78, 5) is 0. The number of anilines is 1. The molecule has 1 aliphatic rings. The van der Waals surface area contributed by atoms with Gasteiger partial charge in [-0.2, -0.15) is 0 Å². The van der Waals surface area contributed by atoms with Gasteiger partial charge in [0.15, 0.2) is 0 Å². The Morgan fingerprint density at radius 1 is 1.10 bits per heavy atom. The van der Waals surface area contributed by atoms with Crippen LogP contribution in [0.5, 0.6) is 0 Å². The molecule has 1 saturated heterocycles. The van der Waals surface area contributed by atoms with E-state index in [1.807, 2.05) is 36.4 Å². The third-order valence-electron chi connectivity index (χ3n) is 3.55. The summed E-state index contributed by atoms with van der Waals surface area (Å²) in [6.45, 7) is 1.96. The molecule has 5 heteroatoms. The van der Waals surface area contributed by atoms with Crippen LogP contribution in [0.25, 0.3) is 22.2 Å². The van der Waals surface area contributed by atoms with E-state index in [-0.39, 0.29) is 0 Å². The number of nitrogens with one attached hydrogen (secondary N) is 2. The van der Waals surface area contributed by atoms with Crippen molar-refractivity contribution in [1.29, 1.82) is 0 Å². The van der Waals surface area contributed by atoms with E-state index in [0.717, 1.165) is 41.1 Å². The van der Waals surface area contributed by atoms with Gasteiger partial charge in [-0.1, -0.05) is 18.2 Å². The summed E-state index contributed by atoms with van der Waals surface area (Å²) in [5, 5.41) is 16.1. The standard InChI is InChI=1S/C15H14N4O/c1-2-4-14-11(3-1)12(9-20-14)13-5-6-15(19-18-13)17-10-7-16-8-10/h1-6,9-10,16H,7-8H2,(H,17,19). The number of para-hydroxylation sites is 1. The van der Waals surface area contributed by atoms with Gasteiger partial charge in [0.2, 0.25) is 0 Å². The van der Waals surface area contributed by atoms with Crippen LogP contribution in [-0.4, -0.2) is 29.3 Å². The van der Waals surface area contributed by atoms with E-state index in [1.54, 1.807) is 6.26 Å². The van der Waals surface area contributed by atoms with E-state index in [0.29, 0.717) is 6.04 Å². The minimum Gasteiger partial charge on any atom is -0.464 e. The Kier molecular flexibility index (Phi) is 2.63. The molecule has 1 fully saturated rings. The van der Waals surface area contributed by atoms with Gasteiger partial charge in [-0.05, 0) is 18.2 Å². The monoisotopic (exact) mass is 266 g/mol. The van der Waals surface area contributed by atoms with Gasteiger partial charge in [-0.3, -0.25) is 0 Å². The zero-order valence-corrected chi connectivity index (χ0v) is 10.8. The van der Waals surface area contributed by atoms with Gasteiger partial charge < -0.3 is 15.1 Å². The predicted octanol–water partition coefficient (Wildman–Crippen LogP) is 2.27. The van der Waals surface area contributed by atoms with Gasteiger partial charge in [-0.25, -0.2) is 0 Å². The minimum atomic E-state index is 0.463. The Bertz CT molecular complexity index is 731. The van der Waals surface area contributed by atoms with Crippen LogP contribution in [-0.2, 0) is 0 Å². The van der Waals surface area contributed by atoms with Gasteiger partial charge in [-0.15, -0.1) is 10.2 Å². The second-order valence-electron chi connectivity index (χ2n) is 4.95. The highest BCUT2D eigenvalue weighted by atomic mass is 16.3. The quantitative estimate of drug-likeness (QED) is 0.761. The largest absolute Gasteiger partial charge is 0.464 e. The van der Waals surface area contributed by atoms with Crippen LogP contribution in [0.4, 0.5) is 5.82 Å². The van der Waals surface area contributed by atoms with Crippen molar-refractivity contribution in [1.82, 2.24) is 15.5 Å². The molecular weight excluding hydrogens is 252 g/mol. The van der Waals surface area contributed by atoms with Gasteiger partial charge in [0.05, 0.1) is 11.7 Å². The Morgan fingerprint density at radius 2 is 2.00 bits per heavy atom. The van der Waals surface area contributed by atoms with Crippen LogP contribution in [0.3, 0.4) is 0 Å². The molecule has 0 atom stereocenters. The molecule has 3 heterocycles. The van der Waals surface area contributed by atoms with E-state index < -0.39 is 0 Å². The minimum absolute atomic E-state index is 0.463. The Hall–Kier alpha value is -2.40. The molecule has 1 aliphatic heterocycles. The molecule has 100 valence electrons. The highest BCUT2D eigenvalue weighted by Crippen LogP contribution is 2.28. The van der Waals surface area contributed by atoms with Crippen LogP contribution in [0.15, 0.2) is 47.1 Å². The number of rotatable bonds is 3. The van der Waals surface area contributed by atoms with Crippen LogP contribution < -0.4 is 10.6 Å². The first-order valence-corrected chi connectivity index (χ1v) is 6.68. The van der Waals surface area contributed by atoms with Gasteiger partial charge >= 0.3 is 0 Å². The molecule has 2 N–H and O–H groups in total. The maximum atomic E-state index is 5.53. The fourth-order valence-corrected chi connectivity index (χ4v) is 2.33. The normalized spacial score (nSPS) is 15.2.